The molecule has 7 nitrogen and oxygen atoms in total. The Labute approximate surface area is 179 Å². The summed E-state index contributed by atoms with van der Waals surface area (Å²) < 4.78 is 6.86. The average molecular weight is 416 g/mol. The van der Waals surface area contributed by atoms with Crippen LogP contribution in [0, 0.1) is 0 Å². The molecule has 0 aliphatic rings. The van der Waals surface area contributed by atoms with Gasteiger partial charge in [-0.2, -0.15) is 0 Å². The molecule has 2 aromatic carbocycles. The van der Waals surface area contributed by atoms with Crippen LogP contribution < -0.4 is 5.11 Å². The first-order valence-corrected chi connectivity index (χ1v) is 10.1. The van der Waals surface area contributed by atoms with Crippen molar-refractivity contribution in [2.75, 3.05) is 7.11 Å². The van der Waals surface area contributed by atoms with Crippen LogP contribution in [0.3, 0.4) is 0 Å². The molecule has 0 atom stereocenters. The Morgan fingerprint density at radius 3 is 2.55 bits per heavy atom. The second kappa shape index (κ2) is 8.47. The van der Waals surface area contributed by atoms with Crippen molar-refractivity contribution >= 4 is 23.1 Å². The molecule has 0 aliphatic heterocycles. The molecule has 0 amide bonds. The van der Waals surface area contributed by atoms with E-state index < -0.39 is 11.9 Å². The number of ether oxygens (including phenoxy) is 1. The summed E-state index contributed by atoms with van der Waals surface area (Å²) in [6.45, 7) is 2.66. The van der Waals surface area contributed by atoms with Crippen LogP contribution in [0.25, 0.3) is 22.3 Å². The van der Waals surface area contributed by atoms with Crippen molar-refractivity contribution < 1.29 is 19.4 Å². The number of carboxylic acids is 1. The van der Waals surface area contributed by atoms with E-state index in [0.717, 1.165) is 41.0 Å². The van der Waals surface area contributed by atoms with Crippen molar-refractivity contribution in [3.8, 4) is 11.1 Å². The Balaban J connectivity index is 1.67. The molecule has 158 valence electrons. The molecule has 0 aliphatic carbocycles. The Kier molecular flexibility index (Phi) is 5.58. The van der Waals surface area contributed by atoms with Gasteiger partial charge in [0.1, 0.15) is 22.7 Å². The van der Waals surface area contributed by atoms with Crippen LogP contribution in [0.1, 0.15) is 45.6 Å². The van der Waals surface area contributed by atoms with Crippen molar-refractivity contribution in [3.05, 3.63) is 77.2 Å². The number of rotatable bonds is 7. The molecule has 4 aromatic rings. The van der Waals surface area contributed by atoms with Gasteiger partial charge in [0.25, 0.3) is 0 Å². The predicted molar refractivity (Wildman–Crippen MR) is 115 cm³/mol. The van der Waals surface area contributed by atoms with E-state index in [0.29, 0.717) is 17.8 Å². The van der Waals surface area contributed by atoms with Gasteiger partial charge < -0.3 is 24.2 Å². The molecule has 0 bridgehead atoms. The van der Waals surface area contributed by atoms with Gasteiger partial charge in [-0.15, -0.1) is 0 Å². The minimum Gasteiger partial charge on any atom is -0.545 e. The van der Waals surface area contributed by atoms with Gasteiger partial charge >= 0.3 is 5.97 Å². The van der Waals surface area contributed by atoms with Crippen molar-refractivity contribution in [3.63, 3.8) is 0 Å². The van der Waals surface area contributed by atoms with E-state index in [4.69, 9.17) is 4.74 Å². The Morgan fingerprint density at radius 2 is 1.87 bits per heavy atom. The number of carboxylic acid groups (broad SMARTS) is 1. The quantitative estimate of drug-likeness (QED) is 0.467. The number of aryl methyl sites for hydroxylation is 1. The maximum atomic E-state index is 11.9. The Bertz CT molecular complexity index is 1250. The topological polar surface area (TPSA) is 100 Å². The molecule has 0 fully saturated rings. The van der Waals surface area contributed by atoms with E-state index in [9.17, 15) is 14.7 Å². The lowest BCUT2D eigenvalue weighted by Gasteiger charge is -2.12. The van der Waals surface area contributed by atoms with Crippen molar-refractivity contribution in [2.45, 2.75) is 26.3 Å². The van der Waals surface area contributed by atoms with Gasteiger partial charge in [-0.1, -0.05) is 55.5 Å². The highest BCUT2D eigenvalue weighted by Crippen LogP contribution is 2.25. The average Bonchev–Trinajstić information content (AvgIpc) is 3.33. The number of aromatic carboxylic acids is 1. The van der Waals surface area contributed by atoms with E-state index >= 15 is 0 Å². The molecular weight excluding hydrogens is 394 g/mol. The number of methoxy groups -OCH3 is 1. The second-order valence-corrected chi connectivity index (χ2v) is 7.30. The zero-order chi connectivity index (χ0) is 22.0. The summed E-state index contributed by atoms with van der Waals surface area (Å²) in [6, 6.07) is 16.2. The van der Waals surface area contributed by atoms with E-state index in [1.165, 1.54) is 7.11 Å². The second-order valence-electron chi connectivity index (χ2n) is 7.30. The van der Waals surface area contributed by atoms with Gasteiger partial charge in [-0.3, -0.25) is 0 Å². The molecule has 31 heavy (non-hydrogen) atoms. The molecular formula is C24H22N3O4-. The Hall–Kier alpha value is -3.87. The summed E-state index contributed by atoms with van der Waals surface area (Å²) in [7, 11) is 1.35. The van der Waals surface area contributed by atoms with Crippen molar-refractivity contribution in [2.24, 2.45) is 0 Å². The van der Waals surface area contributed by atoms with Crippen LogP contribution in [0.4, 0.5) is 0 Å². The number of aromatic nitrogens is 3. The molecule has 7 heteroatoms. The fourth-order valence-electron chi connectivity index (χ4n) is 3.74. The maximum Gasteiger partial charge on any atom is 0.354 e. The van der Waals surface area contributed by atoms with Crippen LogP contribution in [0.15, 0.2) is 54.6 Å². The fraction of sp³-hybridized carbons (Fsp3) is 0.208. The largest absolute Gasteiger partial charge is 0.545 e. The molecule has 1 N–H and O–H groups in total. The molecule has 2 heterocycles. The standard InChI is InChI=1S/C24H23N3O4/c1-3-6-21-25-19-13-20(24(30)31-2)26-22(19)27(21)14-15-9-11-16(12-10-15)17-7-4-5-8-18(17)23(28)29/h4-5,7-13,26H,3,6,14H2,1-2H3,(H,28,29)/p-1. The summed E-state index contributed by atoms with van der Waals surface area (Å²) >= 11 is 0. The number of imidazole rings is 1. The third-order valence-electron chi connectivity index (χ3n) is 5.24. The fourth-order valence-corrected chi connectivity index (χ4v) is 3.74. The minimum absolute atomic E-state index is 0.165. The number of fused-ring (bicyclic) bond motifs is 1. The zero-order valence-electron chi connectivity index (χ0n) is 17.3. The highest BCUT2D eigenvalue weighted by Gasteiger charge is 2.17. The lowest BCUT2D eigenvalue weighted by molar-refractivity contribution is -0.254. The summed E-state index contributed by atoms with van der Waals surface area (Å²) in [5, 5.41) is 11.4. The number of nitrogens with zero attached hydrogens (tertiary/aromatic N) is 2. The number of esters is 1. The maximum absolute atomic E-state index is 11.9. The van der Waals surface area contributed by atoms with Crippen LogP contribution in [-0.2, 0) is 17.7 Å². The third kappa shape index (κ3) is 3.94. The van der Waals surface area contributed by atoms with Gasteiger partial charge in [0.05, 0.1) is 19.6 Å². The molecule has 0 spiro atoms. The number of H-pyrrole nitrogens is 1. The zero-order valence-corrected chi connectivity index (χ0v) is 17.3. The number of nitrogens with one attached hydrogen (secondary N) is 1. The van der Waals surface area contributed by atoms with E-state index in [1.54, 1.807) is 30.3 Å². The predicted octanol–water partition coefficient (Wildman–Crippen LogP) is 3.18. The number of carbonyl (C=O) groups is 2. The first-order valence-electron chi connectivity index (χ1n) is 10.1. The number of hydrogen-bond acceptors (Lipinski definition) is 5. The molecule has 0 unspecified atom stereocenters. The van der Waals surface area contributed by atoms with Crippen LogP contribution in [0.2, 0.25) is 0 Å². The third-order valence-corrected chi connectivity index (χ3v) is 5.24. The van der Waals surface area contributed by atoms with E-state index in [-0.39, 0.29) is 5.56 Å². The summed E-state index contributed by atoms with van der Waals surface area (Å²) in [5.41, 5.74) is 4.49. The number of hydrogen-bond donors (Lipinski definition) is 1. The molecule has 2 aromatic heterocycles. The SMILES string of the molecule is CCCc1nc2cc(C(=O)OC)[nH]c2n1Cc1ccc(-c2ccccc2C(=O)[O-])cc1. The molecule has 4 rings (SSSR count). The van der Waals surface area contributed by atoms with E-state index in [2.05, 4.69) is 21.5 Å². The van der Waals surface area contributed by atoms with Gasteiger partial charge in [0.2, 0.25) is 0 Å². The van der Waals surface area contributed by atoms with Crippen LogP contribution in [-0.4, -0.2) is 33.6 Å². The summed E-state index contributed by atoms with van der Waals surface area (Å²) in [5.74, 6) is -0.693. The van der Waals surface area contributed by atoms with Gasteiger partial charge in [-0.25, -0.2) is 9.78 Å². The summed E-state index contributed by atoms with van der Waals surface area (Å²) in [6.07, 6.45) is 1.76. The highest BCUT2D eigenvalue weighted by atomic mass is 16.5. The molecule has 0 saturated heterocycles. The number of carbonyl (C=O) groups excluding carboxylic acids is 2. The molecule has 0 radical (unpaired) electrons. The first-order chi connectivity index (χ1) is 15.0. The molecule has 0 saturated carbocycles. The monoisotopic (exact) mass is 416 g/mol. The van der Waals surface area contributed by atoms with Gasteiger partial charge in [-0.05, 0) is 29.2 Å². The minimum atomic E-state index is -1.20. The van der Waals surface area contributed by atoms with Crippen molar-refractivity contribution in [1.82, 2.24) is 14.5 Å². The normalized spacial score (nSPS) is 11.0. The Morgan fingerprint density at radius 1 is 1.13 bits per heavy atom. The number of aromatic amines is 1. The smallest absolute Gasteiger partial charge is 0.354 e. The highest BCUT2D eigenvalue weighted by molar-refractivity contribution is 5.95. The lowest BCUT2D eigenvalue weighted by Crippen LogP contribution is -2.22. The van der Waals surface area contributed by atoms with Gasteiger partial charge in [0, 0.05) is 12.0 Å². The lowest BCUT2D eigenvalue weighted by atomic mass is 9.99. The van der Waals surface area contributed by atoms with Crippen LogP contribution in [0.5, 0.6) is 0 Å². The first kappa shape index (κ1) is 20.4. The van der Waals surface area contributed by atoms with E-state index in [1.807, 2.05) is 24.3 Å². The summed E-state index contributed by atoms with van der Waals surface area (Å²) in [4.78, 5) is 31.1. The van der Waals surface area contributed by atoms with Gasteiger partial charge in [0.15, 0.2) is 0 Å². The number of benzene rings is 2. The van der Waals surface area contributed by atoms with Crippen molar-refractivity contribution in [1.29, 1.82) is 0 Å². The van der Waals surface area contributed by atoms with Crippen LogP contribution >= 0.6 is 0 Å².